The van der Waals surface area contributed by atoms with Gasteiger partial charge in [0.15, 0.2) is 0 Å². The molecule has 0 aliphatic heterocycles. The number of hydrogen-bond donors (Lipinski definition) is 2. The van der Waals surface area contributed by atoms with Crippen LogP contribution in [0.15, 0.2) is 0 Å². The third-order valence-corrected chi connectivity index (χ3v) is 2.25. The van der Waals surface area contributed by atoms with Crippen molar-refractivity contribution in [2.45, 2.75) is 0 Å². The van der Waals surface area contributed by atoms with Gasteiger partial charge in [0.25, 0.3) is 0 Å². The molecular formula is C7H13N3O3S. The minimum atomic E-state index is -2.99. The van der Waals surface area contributed by atoms with Crippen molar-refractivity contribution in [3.05, 3.63) is 0 Å². The standard InChI is InChI=1S/C7H13N3O3S/c1-14(12,13)5-4-9-6-7(11)10-3-2-8/h9H,3-6H2,1H3,(H,10,11). The number of nitriles is 1. The van der Waals surface area contributed by atoms with Gasteiger partial charge in [0.2, 0.25) is 5.91 Å². The Morgan fingerprint density at radius 1 is 1.50 bits per heavy atom. The maximum atomic E-state index is 10.9. The van der Waals surface area contributed by atoms with Gasteiger partial charge in [-0.15, -0.1) is 0 Å². The number of carbonyl (C=O) groups is 1. The van der Waals surface area contributed by atoms with Crippen LogP contribution in [0.2, 0.25) is 0 Å². The lowest BCUT2D eigenvalue weighted by molar-refractivity contribution is -0.119. The van der Waals surface area contributed by atoms with Gasteiger partial charge in [-0.05, 0) is 0 Å². The predicted octanol–water partition coefficient (Wildman–Crippen LogP) is -1.74. The maximum Gasteiger partial charge on any atom is 0.234 e. The minimum absolute atomic E-state index is 0.00146. The van der Waals surface area contributed by atoms with Crippen LogP contribution in [0.25, 0.3) is 0 Å². The summed E-state index contributed by atoms with van der Waals surface area (Å²) in [5.41, 5.74) is 0. The van der Waals surface area contributed by atoms with Crippen LogP contribution in [0.5, 0.6) is 0 Å². The first kappa shape index (κ1) is 12.9. The summed E-state index contributed by atoms with van der Waals surface area (Å²) in [4.78, 5) is 10.9. The molecule has 14 heavy (non-hydrogen) atoms. The summed E-state index contributed by atoms with van der Waals surface area (Å²) in [6.07, 6.45) is 1.13. The largest absolute Gasteiger partial charge is 0.342 e. The van der Waals surface area contributed by atoms with Crippen LogP contribution in [0.3, 0.4) is 0 Å². The van der Waals surface area contributed by atoms with Gasteiger partial charge in [0, 0.05) is 12.8 Å². The molecular weight excluding hydrogens is 206 g/mol. The third kappa shape index (κ3) is 8.96. The summed E-state index contributed by atoms with van der Waals surface area (Å²) in [6.45, 7) is 0.225. The first-order valence-electron chi connectivity index (χ1n) is 3.98. The summed E-state index contributed by atoms with van der Waals surface area (Å²) in [6, 6.07) is 1.76. The molecule has 0 bridgehead atoms. The molecule has 6 nitrogen and oxygen atoms in total. The van der Waals surface area contributed by atoms with Crippen LogP contribution in [0.4, 0.5) is 0 Å². The monoisotopic (exact) mass is 219 g/mol. The van der Waals surface area contributed by atoms with E-state index in [1.54, 1.807) is 6.07 Å². The van der Waals surface area contributed by atoms with Gasteiger partial charge < -0.3 is 10.6 Å². The van der Waals surface area contributed by atoms with E-state index in [0.29, 0.717) is 0 Å². The molecule has 0 atom stereocenters. The van der Waals surface area contributed by atoms with E-state index in [1.165, 1.54) is 0 Å². The van der Waals surface area contributed by atoms with Crippen molar-refractivity contribution in [3.8, 4) is 6.07 Å². The van der Waals surface area contributed by atoms with Crippen LogP contribution in [-0.2, 0) is 14.6 Å². The van der Waals surface area contributed by atoms with E-state index >= 15 is 0 Å². The van der Waals surface area contributed by atoms with Crippen LogP contribution < -0.4 is 10.6 Å². The highest BCUT2D eigenvalue weighted by atomic mass is 32.2. The van der Waals surface area contributed by atoms with Crippen molar-refractivity contribution >= 4 is 15.7 Å². The van der Waals surface area contributed by atoms with Crippen molar-refractivity contribution in [1.82, 2.24) is 10.6 Å². The highest BCUT2D eigenvalue weighted by Gasteiger charge is 2.02. The summed E-state index contributed by atoms with van der Waals surface area (Å²) in [7, 11) is -2.99. The molecule has 0 spiro atoms. The average Bonchev–Trinajstić information content (AvgIpc) is 2.07. The zero-order valence-electron chi connectivity index (χ0n) is 7.91. The molecule has 0 saturated heterocycles. The number of nitrogens with zero attached hydrogens (tertiary/aromatic N) is 1. The lowest BCUT2D eigenvalue weighted by Gasteiger charge is -2.02. The molecule has 80 valence electrons. The molecule has 1 amide bonds. The molecule has 0 aromatic heterocycles. The Morgan fingerprint density at radius 2 is 2.14 bits per heavy atom. The first-order chi connectivity index (χ1) is 6.45. The quantitative estimate of drug-likeness (QED) is 0.408. The fourth-order valence-electron chi connectivity index (χ4n) is 0.660. The number of nitrogens with one attached hydrogen (secondary N) is 2. The van der Waals surface area contributed by atoms with E-state index in [-0.39, 0.29) is 31.3 Å². The van der Waals surface area contributed by atoms with Crippen LogP contribution in [0, 0.1) is 11.3 Å². The summed E-state index contributed by atoms with van der Waals surface area (Å²) in [5, 5.41) is 13.1. The molecule has 0 heterocycles. The second kappa shape index (κ2) is 6.34. The van der Waals surface area contributed by atoms with Crippen molar-refractivity contribution in [2.75, 3.05) is 31.6 Å². The number of amides is 1. The third-order valence-electron chi connectivity index (χ3n) is 1.30. The van der Waals surface area contributed by atoms with E-state index in [2.05, 4.69) is 10.6 Å². The Labute approximate surface area is 83.2 Å². The maximum absolute atomic E-state index is 10.9. The number of hydrogen-bond acceptors (Lipinski definition) is 5. The molecule has 0 rings (SSSR count). The second-order valence-corrected chi connectivity index (χ2v) is 5.00. The number of rotatable bonds is 6. The predicted molar refractivity (Wildman–Crippen MR) is 51.2 cm³/mol. The van der Waals surface area contributed by atoms with Crippen molar-refractivity contribution in [2.24, 2.45) is 0 Å². The number of sulfone groups is 1. The lowest BCUT2D eigenvalue weighted by Crippen LogP contribution is -2.35. The Kier molecular flexibility index (Phi) is 5.83. The minimum Gasteiger partial charge on any atom is -0.342 e. The zero-order chi connectivity index (χ0) is 11.0. The molecule has 0 aliphatic carbocycles. The molecule has 0 fully saturated rings. The van der Waals surface area contributed by atoms with Gasteiger partial charge >= 0.3 is 0 Å². The topological polar surface area (TPSA) is 99.1 Å². The van der Waals surface area contributed by atoms with Crippen molar-refractivity contribution < 1.29 is 13.2 Å². The van der Waals surface area contributed by atoms with Gasteiger partial charge in [-0.25, -0.2) is 8.42 Å². The number of carbonyl (C=O) groups excluding carboxylic acids is 1. The molecule has 2 N–H and O–H groups in total. The molecule has 0 aromatic rings. The lowest BCUT2D eigenvalue weighted by atomic mass is 10.5. The smallest absolute Gasteiger partial charge is 0.234 e. The highest BCUT2D eigenvalue weighted by molar-refractivity contribution is 7.90. The highest BCUT2D eigenvalue weighted by Crippen LogP contribution is 1.78. The second-order valence-electron chi connectivity index (χ2n) is 2.74. The summed E-state index contributed by atoms with van der Waals surface area (Å²) in [5.74, 6) is -0.321. The van der Waals surface area contributed by atoms with E-state index in [9.17, 15) is 13.2 Å². The first-order valence-corrected chi connectivity index (χ1v) is 6.04. The molecule has 0 aliphatic rings. The zero-order valence-corrected chi connectivity index (χ0v) is 8.73. The van der Waals surface area contributed by atoms with Crippen LogP contribution >= 0.6 is 0 Å². The van der Waals surface area contributed by atoms with E-state index in [1.807, 2.05) is 0 Å². The Balaban J connectivity index is 3.47. The Hall–Kier alpha value is -1.13. The molecule has 7 heteroatoms. The summed E-state index contributed by atoms with van der Waals surface area (Å²) < 4.78 is 21.3. The van der Waals surface area contributed by atoms with Crippen LogP contribution in [-0.4, -0.2) is 46.0 Å². The van der Waals surface area contributed by atoms with Gasteiger partial charge in [0.05, 0.1) is 18.4 Å². The Morgan fingerprint density at radius 3 is 2.64 bits per heavy atom. The Bertz CT molecular complexity index is 318. The molecule has 0 unspecified atom stereocenters. The SMILES string of the molecule is CS(=O)(=O)CCNCC(=O)NCC#N. The van der Waals surface area contributed by atoms with Crippen molar-refractivity contribution in [3.63, 3.8) is 0 Å². The van der Waals surface area contributed by atoms with E-state index in [4.69, 9.17) is 5.26 Å². The molecule has 0 radical (unpaired) electrons. The molecule has 0 saturated carbocycles. The summed E-state index contributed by atoms with van der Waals surface area (Å²) >= 11 is 0. The fourth-order valence-corrected chi connectivity index (χ4v) is 1.18. The van der Waals surface area contributed by atoms with Crippen LogP contribution in [0.1, 0.15) is 0 Å². The molecule has 0 aromatic carbocycles. The van der Waals surface area contributed by atoms with E-state index < -0.39 is 9.84 Å². The van der Waals surface area contributed by atoms with E-state index in [0.717, 1.165) is 6.26 Å². The van der Waals surface area contributed by atoms with Gasteiger partial charge in [-0.1, -0.05) is 0 Å². The normalized spacial score (nSPS) is 10.6. The van der Waals surface area contributed by atoms with Gasteiger partial charge in [-0.3, -0.25) is 4.79 Å². The van der Waals surface area contributed by atoms with Crippen molar-refractivity contribution in [1.29, 1.82) is 5.26 Å². The average molecular weight is 219 g/mol. The fraction of sp³-hybridized carbons (Fsp3) is 0.714. The van der Waals surface area contributed by atoms with Gasteiger partial charge in [-0.2, -0.15) is 5.26 Å². The van der Waals surface area contributed by atoms with Gasteiger partial charge in [0.1, 0.15) is 16.4 Å².